The van der Waals surface area contributed by atoms with E-state index >= 15 is 0 Å². The highest BCUT2D eigenvalue weighted by Gasteiger charge is 2.45. The standard InChI is InChI=1S/C19H13F5N2O2/c20-18(21)26-16-6-10(9-1-3-11(4-2-9)19(22,23)24)5-12(15(16)8-25-26)13-7-14(13)17(27)28/h1-6,8,13-14,18H,7H2,(H,27,28)/t13?,14-/m1/s1. The Kier molecular flexibility index (Phi) is 4.13. The second kappa shape index (κ2) is 6.29. The normalized spacial score (nSPS) is 19.4. The van der Waals surface area contributed by atoms with Gasteiger partial charge in [-0.25, -0.2) is 4.68 Å². The molecule has 0 spiro atoms. The van der Waals surface area contributed by atoms with E-state index in [-0.39, 0.29) is 11.4 Å². The van der Waals surface area contributed by atoms with Crippen molar-refractivity contribution in [2.75, 3.05) is 0 Å². The molecular formula is C19H13F5N2O2. The van der Waals surface area contributed by atoms with E-state index < -0.39 is 30.2 Å². The summed E-state index contributed by atoms with van der Waals surface area (Å²) in [6, 6.07) is 7.44. The Labute approximate surface area is 155 Å². The summed E-state index contributed by atoms with van der Waals surface area (Å²) in [5.74, 6) is -1.93. The molecule has 1 aliphatic rings. The maximum atomic E-state index is 13.3. The Morgan fingerprint density at radius 1 is 1.14 bits per heavy atom. The zero-order valence-corrected chi connectivity index (χ0v) is 14.1. The zero-order valence-electron chi connectivity index (χ0n) is 14.1. The van der Waals surface area contributed by atoms with Crippen LogP contribution in [0.25, 0.3) is 22.0 Å². The monoisotopic (exact) mass is 396 g/mol. The Morgan fingerprint density at radius 3 is 2.36 bits per heavy atom. The second-order valence-electron chi connectivity index (χ2n) is 6.73. The molecule has 1 fully saturated rings. The van der Waals surface area contributed by atoms with E-state index in [2.05, 4.69) is 5.10 Å². The molecule has 1 aliphatic carbocycles. The van der Waals surface area contributed by atoms with Gasteiger partial charge < -0.3 is 5.11 Å². The third-order valence-corrected chi connectivity index (χ3v) is 4.99. The van der Waals surface area contributed by atoms with Gasteiger partial charge in [0.05, 0.1) is 23.2 Å². The summed E-state index contributed by atoms with van der Waals surface area (Å²) >= 11 is 0. The Hall–Kier alpha value is -2.97. The number of hydrogen-bond acceptors (Lipinski definition) is 2. The average molecular weight is 396 g/mol. The SMILES string of the molecule is O=C(O)[C@@H]1CC1c1cc(-c2ccc(C(F)(F)F)cc2)cc2c1cnn2C(F)F. The topological polar surface area (TPSA) is 55.1 Å². The third-order valence-electron chi connectivity index (χ3n) is 4.99. The summed E-state index contributed by atoms with van der Waals surface area (Å²) in [7, 11) is 0. The largest absolute Gasteiger partial charge is 0.481 e. The van der Waals surface area contributed by atoms with Gasteiger partial charge in [-0.2, -0.15) is 27.1 Å². The van der Waals surface area contributed by atoms with E-state index in [9.17, 15) is 31.9 Å². The molecule has 3 aromatic rings. The predicted molar refractivity (Wildman–Crippen MR) is 89.9 cm³/mol. The van der Waals surface area contributed by atoms with Crippen LogP contribution in [0.5, 0.6) is 0 Å². The minimum Gasteiger partial charge on any atom is -0.481 e. The molecule has 146 valence electrons. The molecule has 0 bridgehead atoms. The molecule has 2 aromatic carbocycles. The van der Waals surface area contributed by atoms with Crippen LogP contribution in [0.3, 0.4) is 0 Å². The van der Waals surface area contributed by atoms with Crippen LogP contribution < -0.4 is 0 Å². The predicted octanol–water partition coefficient (Wildman–Crippen LogP) is 5.31. The number of alkyl halides is 5. The van der Waals surface area contributed by atoms with Gasteiger partial charge in [0.2, 0.25) is 0 Å². The van der Waals surface area contributed by atoms with Gasteiger partial charge in [-0.05, 0) is 47.2 Å². The van der Waals surface area contributed by atoms with Gasteiger partial charge in [-0.1, -0.05) is 18.2 Å². The lowest BCUT2D eigenvalue weighted by Gasteiger charge is -2.11. The van der Waals surface area contributed by atoms with Crippen LogP contribution in [0.15, 0.2) is 42.6 Å². The molecule has 0 aliphatic heterocycles. The molecule has 1 N–H and O–H groups in total. The number of nitrogens with zero attached hydrogens (tertiary/aromatic N) is 2. The lowest BCUT2D eigenvalue weighted by Crippen LogP contribution is -2.04. The van der Waals surface area contributed by atoms with Gasteiger partial charge in [0, 0.05) is 5.39 Å². The first-order chi connectivity index (χ1) is 13.2. The van der Waals surface area contributed by atoms with Crippen LogP contribution in [-0.2, 0) is 11.0 Å². The molecule has 4 nitrogen and oxygen atoms in total. The molecular weight excluding hydrogens is 383 g/mol. The molecule has 0 saturated heterocycles. The molecule has 0 radical (unpaired) electrons. The highest BCUT2D eigenvalue weighted by molar-refractivity contribution is 5.90. The number of halogens is 5. The van der Waals surface area contributed by atoms with Crippen molar-refractivity contribution in [3.05, 3.63) is 53.7 Å². The number of benzene rings is 2. The van der Waals surface area contributed by atoms with Crippen molar-refractivity contribution in [2.24, 2.45) is 5.92 Å². The van der Waals surface area contributed by atoms with Crippen LogP contribution in [0.2, 0.25) is 0 Å². The number of hydrogen-bond donors (Lipinski definition) is 1. The number of aliphatic carboxylic acids is 1. The summed E-state index contributed by atoms with van der Waals surface area (Å²) in [4.78, 5) is 11.2. The number of aromatic nitrogens is 2. The van der Waals surface area contributed by atoms with Gasteiger partial charge in [-0.15, -0.1) is 0 Å². The molecule has 1 saturated carbocycles. The number of carboxylic acids is 1. The number of carbonyl (C=O) groups is 1. The second-order valence-corrected chi connectivity index (χ2v) is 6.73. The highest BCUT2D eigenvalue weighted by atomic mass is 19.4. The summed E-state index contributed by atoms with van der Waals surface area (Å²) < 4.78 is 65.4. The van der Waals surface area contributed by atoms with Crippen LogP contribution >= 0.6 is 0 Å². The van der Waals surface area contributed by atoms with E-state index in [1.165, 1.54) is 24.4 Å². The highest BCUT2D eigenvalue weighted by Crippen LogP contribution is 2.50. The van der Waals surface area contributed by atoms with Crippen molar-refractivity contribution >= 4 is 16.9 Å². The molecule has 1 heterocycles. The Morgan fingerprint density at radius 2 is 1.82 bits per heavy atom. The van der Waals surface area contributed by atoms with Crippen molar-refractivity contribution in [1.29, 1.82) is 0 Å². The van der Waals surface area contributed by atoms with Crippen molar-refractivity contribution in [1.82, 2.24) is 9.78 Å². The van der Waals surface area contributed by atoms with E-state index in [0.717, 1.165) is 12.1 Å². The fourth-order valence-corrected chi connectivity index (χ4v) is 3.46. The number of fused-ring (bicyclic) bond motifs is 1. The Bertz CT molecular complexity index is 1060. The van der Waals surface area contributed by atoms with Crippen molar-refractivity contribution in [3.8, 4) is 11.1 Å². The first kappa shape index (κ1) is 18.4. The summed E-state index contributed by atoms with van der Waals surface area (Å²) in [6.45, 7) is -2.90. The van der Waals surface area contributed by atoms with Crippen LogP contribution in [-0.4, -0.2) is 20.9 Å². The van der Waals surface area contributed by atoms with Gasteiger partial charge in [-0.3, -0.25) is 4.79 Å². The quantitative estimate of drug-likeness (QED) is 0.609. The Balaban J connectivity index is 1.84. The third kappa shape index (κ3) is 3.10. The smallest absolute Gasteiger partial charge is 0.416 e. The van der Waals surface area contributed by atoms with Gasteiger partial charge in [0.25, 0.3) is 0 Å². The number of rotatable bonds is 4. The van der Waals surface area contributed by atoms with E-state index in [1.54, 1.807) is 6.07 Å². The van der Waals surface area contributed by atoms with Crippen molar-refractivity contribution < 1.29 is 31.9 Å². The molecule has 1 aromatic heterocycles. The molecule has 9 heteroatoms. The molecule has 0 amide bonds. The zero-order chi connectivity index (χ0) is 20.2. The maximum absolute atomic E-state index is 13.3. The van der Waals surface area contributed by atoms with Gasteiger partial charge >= 0.3 is 18.7 Å². The minimum atomic E-state index is -4.48. The van der Waals surface area contributed by atoms with E-state index in [1.807, 2.05) is 0 Å². The van der Waals surface area contributed by atoms with E-state index in [0.29, 0.717) is 33.2 Å². The van der Waals surface area contributed by atoms with Crippen LogP contribution in [0.1, 0.15) is 30.0 Å². The van der Waals surface area contributed by atoms with Crippen LogP contribution in [0.4, 0.5) is 22.0 Å². The van der Waals surface area contributed by atoms with Gasteiger partial charge in [0.15, 0.2) is 0 Å². The molecule has 2 atom stereocenters. The lowest BCUT2D eigenvalue weighted by atomic mass is 9.96. The minimum absolute atomic E-state index is 0.110. The molecule has 28 heavy (non-hydrogen) atoms. The van der Waals surface area contributed by atoms with Gasteiger partial charge in [0.1, 0.15) is 0 Å². The fraction of sp³-hybridized carbons (Fsp3) is 0.263. The summed E-state index contributed by atoms with van der Waals surface area (Å²) in [5.41, 5.74) is 0.689. The number of carboxylic acid groups (broad SMARTS) is 1. The lowest BCUT2D eigenvalue weighted by molar-refractivity contribution is -0.139. The summed E-state index contributed by atoms with van der Waals surface area (Å²) in [5, 5.41) is 13.3. The average Bonchev–Trinajstić information content (AvgIpc) is 3.32. The summed E-state index contributed by atoms with van der Waals surface area (Å²) in [6.07, 6.45) is -2.84. The fourth-order valence-electron chi connectivity index (χ4n) is 3.46. The molecule has 1 unspecified atom stereocenters. The van der Waals surface area contributed by atoms with Crippen LogP contribution in [0, 0.1) is 5.92 Å². The van der Waals surface area contributed by atoms with Crippen molar-refractivity contribution in [3.63, 3.8) is 0 Å². The van der Waals surface area contributed by atoms with E-state index in [4.69, 9.17) is 0 Å². The first-order valence-corrected chi connectivity index (χ1v) is 8.36. The molecule has 4 rings (SSSR count). The maximum Gasteiger partial charge on any atom is 0.416 e. The first-order valence-electron chi connectivity index (χ1n) is 8.36. The van der Waals surface area contributed by atoms with Crippen molar-refractivity contribution in [2.45, 2.75) is 25.1 Å².